The van der Waals surface area contributed by atoms with Crippen LogP contribution in [0.15, 0.2) is 54.6 Å². The van der Waals surface area contributed by atoms with E-state index in [-0.39, 0.29) is 19.3 Å². The average molecular weight is 487 g/mol. The van der Waals surface area contributed by atoms with Gasteiger partial charge in [0.2, 0.25) is 33.7 Å². The van der Waals surface area contributed by atoms with Gasteiger partial charge in [0.1, 0.15) is 17.3 Å². The van der Waals surface area contributed by atoms with Crippen LogP contribution in [0.25, 0.3) is 0 Å². The number of benzene rings is 2. The molecule has 1 saturated heterocycles. The number of nitrogens with one attached hydrogen (secondary N) is 3. The minimum Gasteiger partial charge on any atom is -0.368 e. The Morgan fingerprint density at radius 1 is 0.971 bits per heavy atom. The second-order valence-electron chi connectivity index (χ2n) is 8.12. The Bertz CT molecular complexity index is 1180. The zero-order chi connectivity index (χ0) is 24.9. The van der Waals surface area contributed by atoms with Crippen LogP contribution in [-0.4, -0.2) is 44.1 Å². The van der Waals surface area contributed by atoms with E-state index in [1.807, 2.05) is 35.1 Å². The van der Waals surface area contributed by atoms with Crippen LogP contribution in [0, 0.1) is 0 Å². The van der Waals surface area contributed by atoms with Gasteiger partial charge >= 0.3 is 0 Å². The molecule has 0 bridgehead atoms. The molecule has 0 radical (unpaired) electrons. The Labute approximate surface area is 197 Å². The van der Waals surface area contributed by atoms with Crippen molar-refractivity contribution in [2.24, 2.45) is 5.73 Å². The highest BCUT2D eigenvalue weighted by Crippen LogP contribution is 2.30. The molecule has 10 nitrogen and oxygen atoms in total. The summed E-state index contributed by atoms with van der Waals surface area (Å²) in [7, 11) is -3.77. The number of hydrogen-bond donors (Lipinski definition) is 4. The van der Waals surface area contributed by atoms with Crippen molar-refractivity contribution in [1.82, 2.24) is 15.4 Å². The summed E-state index contributed by atoms with van der Waals surface area (Å²) in [6.45, 7) is 1.30. The number of carbonyl (C=O) groups is 4. The summed E-state index contributed by atoms with van der Waals surface area (Å²) in [4.78, 5) is 48.0. The van der Waals surface area contributed by atoms with Gasteiger partial charge in [0.25, 0.3) is 0 Å². The van der Waals surface area contributed by atoms with Gasteiger partial charge in [-0.2, -0.15) is 0 Å². The Morgan fingerprint density at radius 3 is 2.09 bits per heavy atom. The van der Waals surface area contributed by atoms with Gasteiger partial charge in [-0.25, -0.2) is 8.42 Å². The van der Waals surface area contributed by atoms with Crippen molar-refractivity contribution < 1.29 is 27.6 Å². The molecular weight excluding hydrogens is 460 g/mol. The van der Waals surface area contributed by atoms with Crippen molar-refractivity contribution in [2.75, 3.05) is 0 Å². The predicted molar refractivity (Wildman–Crippen MR) is 123 cm³/mol. The monoisotopic (exact) mass is 486 g/mol. The van der Waals surface area contributed by atoms with E-state index in [0.717, 1.165) is 5.56 Å². The second kappa shape index (κ2) is 10.5. The Morgan fingerprint density at radius 2 is 1.56 bits per heavy atom. The lowest BCUT2D eigenvalue weighted by atomic mass is 10.0. The highest BCUT2D eigenvalue weighted by Gasteiger charge is 2.37. The van der Waals surface area contributed by atoms with Crippen LogP contribution in [-0.2, 0) is 42.0 Å². The lowest BCUT2D eigenvalue weighted by Crippen LogP contribution is -2.54. The molecule has 0 spiro atoms. The molecule has 34 heavy (non-hydrogen) atoms. The third-order valence-electron chi connectivity index (χ3n) is 5.43. The van der Waals surface area contributed by atoms with E-state index in [1.54, 1.807) is 24.3 Å². The molecule has 5 N–H and O–H groups in total. The number of primary amides is 1. The van der Waals surface area contributed by atoms with Gasteiger partial charge in [0.05, 0.1) is 6.42 Å². The van der Waals surface area contributed by atoms with Gasteiger partial charge in [-0.15, -0.1) is 0 Å². The van der Waals surface area contributed by atoms with Crippen molar-refractivity contribution in [2.45, 2.75) is 43.5 Å². The maximum atomic E-state index is 12.9. The molecule has 1 aliphatic rings. The molecule has 1 aliphatic heterocycles. The molecule has 3 rings (SSSR count). The third-order valence-corrected chi connectivity index (χ3v) is 7.13. The highest BCUT2D eigenvalue weighted by atomic mass is 32.2. The number of hydrogen-bond acceptors (Lipinski definition) is 6. The summed E-state index contributed by atoms with van der Waals surface area (Å²) in [5.41, 5.74) is 7.40. The molecular formula is C23H26N4O6S. The number of carbonyl (C=O) groups excluding carboxylic acids is 4. The van der Waals surface area contributed by atoms with E-state index >= 15 is 0 Å². The number of sulfonamides is 1. The van der Waals surface area contributed by atoms with Crippen LogP contribution < -0.4 is 21.1 Å². The minimum absolute atomic E-state index is 0.0636. The molecule has 1 unspecified atom stereocenters. The van der Waals surface area contributed by atoms with Crippen LogP contribution >= 0.6 is 0 Å². The van der Waals surface area contributed by atoms with Crippen LogP contribution in [0.3, 0.4) is 0 Å². The molecule has 0 aliphatic carbocycles. The van der Waals surface area contributed by atoms with E-state index in [2.05, 4.69) is 10.6 Å². The number of amides is 4. The predicted octanol–water partition coefficient (Wildman–Crippen LogP) is -0.163. The molecule has 1 heterocycles. The largest absolute Gasteiger partial charge is 0.368 e. The quantitative estimate of drug-likeness (QED) is 0.384. The van der Waals surface area contributed by atoms with Crippen molar-refractivity contribution in [3.63, 3.8) is 0 Å². The molecule has 4 amide bonds. The van der Waals surface area contributed by atoms with Crippen molar-refractivity contribution in [1.29, 1.82) is 0 Å². The molecule has 11 heteroatoms. The maximum Gasteiger partial charge on any atom is 0.243 e. The summed E-state index contributed by atoms with van der Waals surface area (Å²) in [6, 6.07) is 13.5. The Balaban J connectivity index is 1.70. The van der Waals surface area contributed by atoms with Crippen molar-refractivity contribution in [3.8, 4) is 0 Å². The summed E-state index contributed by atoms with van der Waals surface area (Å²) in [5, 5.41) is 4.22. The maximum absolute atomic E-state index is 12.9. The van der Waals surface area contributed by atoms with Crippen LogP contribution in [0.2, 0.25) is 0 Å². The molecule has 1 fully saturated rings. The molecule has 0 saturated carbocycles. The number of nitrogens with two attached hydrogens (primary N) is 1. The molecule has 2 aromatic rings. The van der Waals surface area contributed by atoms with Gasteiger partial charge in [-0.05, 0) is 16.7 Å². The van der Waals surface area contributed by atoms with Crippen LogP contribution in [0.5, 0.6) is 0 Å². The van der Waals surface area contributed by atoms with E-state index in [1.165, 1.54) is 6.92 Å². The fraction of sp³-hybridized carbons (Fsp3) is 0.304. The third kappa shape index (κ3) is 6.41. The fourth-order valence-electron chi connectivity index (χ4n) is 3.75. The smallest absolute Gasteiger partial charge is 0.243 e. The molecule has 3 atom stereocenters. The molecule has 0 aromatic heterocycles. The topological polar surface area (TPSA) is 165 Å². The number of rotatable bonds is 9. The minimum atomic E-state index is -3.77. The first-order chi connectivity index (χ1) is 16.0. The molecule has 2 aromatic carbocycles. The molecule has 180 valence electrons. The summed E-state index contributed by atoms with van der Waals surface area (Å²) >= 11 is 0. The van der Waals surface area contributed by atoms with Crippen LogP contribution in [0.4, 0.5) is 0 Å². The van der Waals surface area contributed by atoms with Crippen LogP contribution in [0.1, 0.15) is 35.3 Å². The van der Waals surface area contributed by atoms with Gasteiger partial charge < -0.3 is 16.4 Å². The first kappa shape index (κ1) is 24.9. The van der Waals surface area contributed by atoms with Crippen molar-refractivity contribution >= 4 is 33.7 Å². The Hall–Kier alpha value is -3.73. The normalized spacial score (nSPS) is 18.4. The van der Waals surface area contributed by atoms with Gasteiger partial charge in [0.15, 0.2) is 0 Å². The van der Waals surface area contributed by atoms with Gasteiger partial charge in [-0.1, -0.05) is 54.6 Å². The van der Waals surface area contributed by atoms with Gasteiger partial charge in [0, 0.05) is 19.8 Å². The second-order valence-corrected chi connectivity index (χ2v) is 9.98. The SMILES string of the molecule is CC(=O)N[C@@H](Cc1ccccc1)C(=O)NC(Cc1ccc([C@@H]2CC(=O)NS2(=O)=O)cc1)C(N)=O. The average Bonchev–Trinajstić information content (AvgIpc) is 3.05. The zero-order valence-corrected chi connectivity index (χ0v) is 19.3. The van der Waals surface area contributed by atoms with E-state index in [9.17, 15) is 27.6 Å². The first-order valence-electron chi connectivity index (χ1n) is 10.6. The summed E-state index contributed by atoms with van der Waals surface area (Å²) in [5.74, 6) is -2.26. The highest BCUT2D eigenvalue weighted by molar-refractivity contribution is 7.90. The Kier molecular flexibility index (Phi) is 7.67. The van der Waals surface area contributed by atoms with Crippen molar-refractivity contribution in [3.05, 3.63) is 71.3 Å². The van der Waals surface area contributed by atoms with E-state index in [0.29, 0.717) is 11.1 Å². The van der Waals surface area contributed by atoms with Gasteiger partial charge in [-0.3, -0.25) is 23.9 Å². The zero-order valence-electron chi connectivity index (χ0n) is 18.5. The summed E-state index contributed by atoms with van der Waals surface area (Å²) in [6.07, 6.45) is 0.136. The summed E-state index contributed by atoms with van der Waals surface area (Å²) < 4.78 is 26.1. The van der Waals surface area contributed by atoms with E-state index in [4.69, 9.17) is 5.73 Å². The fourth-order valence-corrected chi connectivity index (χ4v) is 5.18. The lowest BCUT2D eigenvalue weighted by Gasteiger charge is -2.22. The first-order valence-corrected chi connectivity index (χ1v) is 12.1. The lowest BCUT2D eigenvalue weighted by molar-refractivity contribution is -0.130. The van der Waals surface area contributed by atoms with E-state index < -0.39 is 51.0 Å². The standard InChI is InChI=1S/C23H26N4O6S/c1-14(28)25-19(12-15-5-3-2-4-6-15)23(31)26-18(22(24)30)11-16-7-9-17(10-8-16)20-13-21(29)27-34(20,32)33/h2-10,18-20H,11-13H2,1H3,(H2,24,30)(H,25,28)(H,26,31)(H,27,29)/t18?,19-,20-/m0/s1.